The van der Waals surface area contributed by atoms with E-state index in [4.69, 9.17) is 4.74 Å². The van der Waals surface area contributed by atoms with E-state index < -0.39 is 11.6 Å². The summed E-state index contributed by atoms with van der Waals surface area (Å²) in [4.78, 5) is 0. The lowest BCUT2D eigenvalue weighted by Crippen LogP contribution is -2.34. The van der Waals surface area contributed by atoms with E-state index in [0.717, 1.165) is 48.0 Å². The summed E-state index contributed by atoms with van der Waals surface area (Å²) in [6.45, 7) is 6.00. The molecular weight excluding hydrogens is 378 g/mol. The SMILES string of the molecule is C=CCOc1c(F)cc(C2CCC(C3CCC4CC(CC)CCC4C3)CC2)cc1F. The number of hydrogen-bond acceptors (Lipinski definition) is 1. The molecular formula is C27H38F2O. The summed E-state index contributed by atoms with van der Waals surface area (Å²) in [5, 5.41) is 0. The van der Waals surface area contributed by atoms with Crippen molar-refractivity contribution in [1.82, 2.24) is 0 Å². The maximum Gasteiger partial charge on any atom is 0.191 e. The molecule has 166 valence electrons. The van der Waals surface area contributed by atoms with Gasteiger partial charge >= 0.3 is 0 Å². The Morgan fingerprint density at radius 2 is 1.43 bits per heavy atom. The van der Waals surface area contributed by atoms with Gasteiger partial charge in [-0.3, -0.25) is 0 Å². The average Bonchev–Trinajstić information content (AvgIpc) is 2.78. The number of fused-ring (bicyclic) bond motifs is 1. The predicted molar refractivity (Wildman–Crippen MR) is 119 cm³/mol. The molecule has 3 saturated carbocycles. The molecule has 4 atom stereocenters. The smallest absolute Gasteiger partial charge is 0.191 e. The summed E-state index contributed by atoms with van der Waals surface area (Å²) in [6, 6.07) is 2.98. The zero-order chi connectivity index (χ0) is 21.1. The fraction of sp³-hybridized carbons (Fsp3) is 0.704. The Morgan fingerprint density at radius 1 is 0.867 bits per heavy atom. The second-order valence-corrected chi connectivity index (χ2v) is 10.2. The standard InChI is InChI=1S/C27H38F2O/c1-3-13-30-27-25(28)16-24(17-26(27)29)20-9-7-19(8-10-20)22-12-11-21-14-18(4-2)5-6-23(21)15-22/h3,16-23H,1,4-15H2,2H3. The van der Waals surface area contributed by atoms with Crippen LogP contribution in [-0.4, -0.2) is 6.61 Å². The van der Waals surface area contributed by atoms with Gasteiger partial charge in [0.2, 0.25) is 0 Å². The molecule has 3 aliphatic rings. The van der Waals surface area contributed by atoms with Crippen molar-refractivity contribution in [2.75, 3.05) is 6.61 Å². The van der Waals surface area contributed by atoms with Crippen LogP contribution in [0, 0.1) is 41.2 Å². The van der Waals surface area contributed by atoms with E-state index in [1.54, 1.807) is 0 Å². The van der Waals surface area contributed by atoms with Gasteiger partial charge in [0.25, 0.3) is 0 Å². The van der Waals surface area contributed by atoms with Crippen LogP contribution in [0.25, 0.3) is 0 Å². The van der Waals surface area contributed by atoms with Gasteiger partial charge in [-0.25, -0.2) is 8.78 Å². The maximum absolute atomic E-state index is 14.4. The molecule has 0 bridgehead atoms. The van der Waals surface area contributed by atoms with Gasteiger partial charge in [-0.1, -0.05) is 32.4 Å². The van der Waals surface area contributed by atoms with Crippen LogP contribution in [0.3, 0.4) is 0 Å². The highest BCUT2D eigenvalue weighted by Gasteiger charge is 2.38. The molecule has 0 radical (unpaired) electrons. The van der Waals surface area contributed by atoms with Crippen molar-refractivity contribution >= 4 is 0 Å². The predicted octanol–water partition coefficient (Wildman–Crippen LogP) is 8.05. The van der Waals surface area contributed by atoms with Crippen molar-refractivity contribution in [2.45, 2.75) is 83.5 Å². The van der Waals surface area contributed by atoms with Crippen LogP contribution in [-0.2, 0) is 0 Å². The molecule has 3 heteroatoms. The summed E-state index contributed by atoms with van der Waals surface area (Å²) in [7, 11) is 0. The fourth-order valence-corrected chi connectivity index (χ4v) is 6.84. The number of ether oxygens (including phenoxy) is 1. The molecule has 4 rings (SSSR count). The molecule has 4 unspecified atom stereocenters. The first-order valence-electron chi connectivity index (χ1n) is 12.3. The van der Waals surface area contributed by atoms with E-state index in [0.29, 0.717) is 0 Å². The minimum Gasteiger partial charge on any atom is -0.483 e. The molecule has 0 saturated heterocycles. The van der Waals surface area contributed by atoms with Gasteiger partial charge in [-0.15, -0.1) is 0 Å². The van der Waals surface area contributed by atoms with Crippen molar-refractivity contribution in [3.8, 4) is 5.75 Å². The van der Waals surface area contributed by atoms with Crippen molar-refractivity contribution < 1.29 is 13.5 Å². The topological polar surface area (TPSA) is 9.23 Å². The van der Waals surface area contributed by atoms with Gasteiger partial charge in [0.05, 0.1) is 0 Å². The third-order valence-electron chi connectivity index (χ3n) is 8.62. The van der Waals surface area contributed by atoms with E-state index >= 15 is 0 Å². The quantitative estimate of drug-likeness (QED) is 0.426. The van der Waals surface area contributed by atoms with Crippen LogP contribution in [0.15, 0.2) is 24.8 Å². The summed E-state index contributed by atoms with van der Waals surface area (Å²) in [6.07, 6.45) is 16.0. The largest absolute Gasteiger partial charge is 0.483 e. The molecule has 0 N–H and O–H groups in total. The Hall–Kier alpha value is -1.38. The van der Waals surface area contributed by atoms with Crippen molar-refractivity contribution in [1.29, 1.82) is 0 Å². The Kier molecular flexibility index (Phi) is 7.16. The monoisotopic (exact) mass is 416 g/mol. The van der Waals surface area contributed by atoms with Gasteiger partial charge in [0.15, 0.2) is 17.4 Å². The first-order valence-corrected chi connectivity index (χ1v) is 12.3. The normalized spacial score (nSPS) is 34.2. The van der Waals surface area contributed by atoms with Crippen LogP contribution in [0.1, 0.15) is 89.0 Å². The Morgan fingerprint density at radius 3 is 2.07 bits per heavy atom. The van der Waals surface area contributed by atoms with Gasteiger partial charge in [0, 0.05) is 0 Å². The van der Waals surface area contributed by atoms with Crippen molar-refractivity contribution in [3.05, 3.63) is 42.0 Å². The second kappa shape index (κ2) is 9.83. The first-order chi connectivity index (χ1) is 14.6. The van der Waals surface area contributed by atoms with E-state index in [1.165, 1.54) is 76.0 Å². The Labute approximate surface area is 181 Å². The van der Waals surface area contributed by atoms with Crippen LogP contribution in [0.2, 0.25) is 0 Å². The van der Waals surface area contributed by atoms with Crippen LogP contribution in [0.4, 0.5) is 8.78 Å². The van der Waals surface area contributed by atoms with E-state index in [1.807, 2.05) is 0 Å². The number of rotatable bonds is 6. The Balaban J connectivity index is 1.32. The molecule has 1 aromatic rings. The van der Waals surface area contributed by atoms with Gasteiger partial charge in [-0.05, 0) is 111 Å². The molecule has 0 aromatic heterocycles. The van der Waals surface area contributed by atoms with E-state index in [2.05, 4.69) is 13.5 Å². The van der Waals surface area contributed by atoms with E-state index in [-0.39, 0.29) is 18.3 Å². The lowest BCUT2D eigenvalue weighted by atomic mass is 9.60. The molecule has 1 aromatic carbocycles. The molecule has 30 heavy (non-hydrogen) atoms. The minimum absolute atomic E-state index is 0.112. The van der Waals surface area contributed by atoms with Crippen LogP contribution >= 0.6 is 0 Å². The van der Waals surface area contributed by atoms with Crippen molar-refractivity contribution in [2.24, 2.45) is 29.6 Å². The average molecular weight is 417 g/mol. The summed E-state index contributed by atoms with van der Waals surface area (Å²) >= 11 is 0. The van der Waals surface area contributed by atoms with Crippen LogP contribution in [0.5, 0.6) is 5.75 Å². The van der Waals surface area contributed by atoms with Gasteiger partial charge in [0.1, 0.15) is 6.61 Å². The molecule has 1 nitrogen and oxygen atoms in total. The zero-order valence-corrected chi connectivity index (χ0v) is 18.6. The number of hydrogen-bond donors (Lipinski definition) is 0. The van der Waals surface area contributed by atoms with Gasteiger partial charge in [-0.2, -0.15) is 0 Å². The zero-order valence-electron chi connectivity index (χ0n) is 18.6. The third-order valence-corrected chi connectivity index (χ3v) is 8.62. The third kappa shape index (κ3) is 4.75. The highest BCUT2D eigenvalue weighted by Crippen LogP contribution is 2.50. The maximum atomic E-state index is 14.4. The highest BCUT2D eigenvalue weighted by atomic mass is 19.1. The lowest BCUT2D eigenvalue weighted by Gasteiger charge is -2.45. The fourth-order valence-electron chi connectivity index (χ4n) is 6.84. The lowest BCUT2D eigenvalue weighted by molar-refractivity contribution is 0.0629. The summed E-state index contributed by atoms with van der Waals surface area (Å²) in [5.41, 5.74) is 0.802. The summed E-state index contributed by atoms with van der Waals surface area (Å²) < 4.78 is 33.9. The molecule has 3 aliphatic carbocycles. The first kappa shape index (κ1) is 21.8. The number of halogens is 2. The van der Waals surface area contributed by atoms with E-state index in [9.17, 15) is 8.78 Å². The molecule has 0 aliphatic heterocycles. The molecule has 0 amide bonds. The Bertz CT molecular complexity index is 699. The van der Waals surface area contributed by atoms with Gasteiger partial charge < -0.3 is 4.74 Å². The van der Waals surface area contributed by atoms with Crippen LogP contribution < -0.4 is 4.74 Å². The highest BCUT2D eigenvalue weighted by molar-refractivity contribution is 5.33. The molecule has 0 spiro atoms. The molecule has 3 fully saturated rings. The minimum atomic E-state index is -0.588. The summed E-state index contributed by atoms with van der Waals surface area (Å²) in [5.74, 6) is 3.46. The molecule has 0 heterocycles. The number of benzene rings is 1. The van der Waals surface area contributed by atoms with Crippen molar-refractivity contribution in [3.63, 3.8) is 0 Å². The second-order valence-electron chi connectivity index (χ2n) is 10.2.